The molecule has 1 N–H and O–H groups in total. The van der Waals surface area contributed by atoms with Gasteiger partial charge in [-0.3, -0.25) is 4.66 Å². The van der Waals surface area contributed by atoms with E-state index >= 15 is 0 Å². The monoisotopic (exact) mass is 180 g/mol. The number of halogens is 1. The molecule has 0 aromatic rings. The van der Waals surface area contributed by atoms with Gasteiger partial charge in [-0.15, -0.1) is 0 Å². The molecule has 0 saturated heterocycles. The summed E-state index contributed by atoms with van der Waals surface area (Å²) in [6, 6.07) is 0. The summed E-state index contributed by atoms with van der Waals surface area (Å²) in [6.07, 6.45) is 2.68. The molecule has 0 rings (SSSR count). The van der Waals surface area contributed by atoms with Crippen LogP contribution in [0.3, 0.4) is 0 Å². The molecule has 1 atom stereocenters. The van der Waals surface area contributed by atoms with Gasteiger partial charge >= 0.3 is 0 Å². The Labute approximate surface area is 75.9 Å². The fraction of sp³-hybridized carbons (Fsp3) is 1.00. The maximum atomic E-state index is 6.47. The van der Waals surface area contributed by atoms with Crippen LogP contribution in [0.25, 0.3) is 0 Å². The van der Waals surface area contributed by atoms with E-state index in [1.807, 2.05) is 0 Å². The highest BCUT2D eigenvalue weighted by Gasteiger charge is 2.18. The second-order valence-electron chi connectivity index (χ2n) is 4.06. The van der Waals surface area contributed by atoms with Gasteiger partial charge in [-0.1, -0.05) is 47.5 Å². The maximum Gasteiger partial charge on any atom is 0.0579 e. The molecule has 0 aliphatic carbocycles. The van der Waals surface area contributed by atoms with Crippen molar-refractivity contribution in [3.63, 3.8) is 0 Å². The van der Waals surface area contributed by atoms with Crippen LogP contribution in [0.2, 0.25) is 0 Å². The van der Waals surface area contributed by atoms with Gasteiger partial charge in [0.1, 0.15) is 0 Å². The largest absolute Gasteiger partial charge is 0.295 e. The molecule has 0 spiro atoms. The number of hydrogen-bond acceptors (Lipinski definition) is 1. The van der Waals surface area contributed by atoms with Crippen LogP contribution in [0.1, 0.15) is 47.5 Å². The van der Waals surface area contributed by atoms with Crippen LogP contribution in [-0.4, -0.2) is 4.66 Å². The van der Waals surface area contributed by atoms with Crippen molar-refractivity contribution in [2.24, 2.45) is 11.3 Å². The van der Waals surface area contributed by atoms with E-state index in [0.29, 0.717) is 5.41 Å². The van der Waals surface area contributed by atoms with E-state index in [4.69, 9.17) is 4.66 Å². The lowest BCUT2D eigenvalue weighted by atomic mass is 9.80. The van der Waals surface area contributed by atoms with Crippen LogP contribution < -0.4 is 0 Å². The first kappa shape index (κ1) is 13.8. The normalized spacial score (nSPS) is 13.4. The van der Waals surface area contributed by atoms with E-state index in [9.17, 15) is 0 Å². The maximum absolute atomic E-state index is 6.47. The van der Waals surface area contributed by atoms with Crippen LogP contribution in [-0.2, 0) is 0 Å². The molecule has 0 heterocycles. The smallest absolute Gasteiger partial charge is 0.0579 e. The van der Waals surface area contributed by atoms with Gasteiger partial charge in [-0.25, -0.2) is 0 Å². The predicted octanol–water partition coefficient (Wildman–Crippen LogP) is 3.60. The fourth-order valence-corrected chi connectivity index (χ4v) is 0.866. The van der Waals surface area contributed by atoms with Crippen molar-refractivity contribution in [3.8, 4) is 0 Å². The van der Waals surface area contributed by atoms with E-state index in [-0.39, 0.29) is 0 Å². The Morgan fingerprint density at radius 2 is 1.64 bits per heavy atom. The number of hydrogen-bond donors (Lipinski definition) is 1. The first-order chi connectivity index (χ1) is 4.98. The minimum absolute atomic E-state index is 0.510. The summed E-state index contributed by atoms with van der Waals surface area (Å²) in [4.78, 5) is 0. The molecule has 1 nitrogen and oxygen atoms in total. The molecule has 70 valence electrons. The molecule has 0 aromatic carbocycles. The summed E-state index contributed by atoms with van der Waals surface area (Å²) < 4.78 is 6.47. The average Bonchev–Trinajstić information content (AvgIpc) is 1.91. The zero-order valence-electron chi connectivity index (χ0n) is 8.32. The lowest BCUT2D eigenvalue weighted by Gasteiger charge is -2.26. The molecule has 0 saturated carbocycles. The Bertz CT molecular complexity index is 76.1. The molecular weight excluding hydrogens is 160 g/mol. The van der Waals surface area contributed by atoms with Gasteiger partial charge in [0, 0.05) is 0 Å². The van der Waals surface area contributed by atoms with Crippen LogP contribution in [0.5, 0.6) is 0 Å². The van der Waals surface area contributed by atoms with Gasteiger partial charge in [-0.2, -0.15) is 0 Å². The highest BCUT2D eigenvalue weighted by atomic mass is 35.5. The van der Waals surface area contributed by atoms with E-state index in [0.717, 1.165) is 5.92 Å². The highest BCUT2D eigenvalue weighted by molar-refractivity contribution is 6.04. The van der Waals surface area contributed by atoms with Crippen LogP contribution >= 0.6 is 11.9 Å². The molecule has 0 bridgehead atoms. The predicted molar refractivity (Wildman–Crippen MR) is 51.6 cm³/mol. The van der Waals surface area contributed by atoms with Crippen molar-refractivity contribution in [2.75, 3.05) is 0 Å². The van der Waals surface area contributed by atoms with Crippen LogP contribution in [0.4, 0.5) is 0 Å². The zero-order valence-corrected chi connectivity index (χ0v) is 9.07. The van der Waals surface area contributed by atoms with E-state index in [1.165, 1.54) is 12.8 Å². The third-order valence-corrected chi connectivity index (χ3v) is 2.20. The van der Waals surface area contributed by atoms with Gasteiger partial charge in [0.15, 0.2) is 0 Å². The van der Waals surface area contributed by atoms with Gasteiger partial charge in [0.2, 0.25) is 0 Å². The van der Waals surface area contributed by atoms with E-state index < -0.39 is 0 Å². The summed E-state index contributed by atoms with van der Waals surface area (Å²) in [7, 11) is 0. The lowest BCUT2D eigenvalue weighted by molar-refractivity contribution is 0.245. The Kier molecular flexibility index (Phi) is 8.70. The van der Waals surface area contributed by atoms with E-state index in [1.54, 1.807) is 0 Å². The van der Waals surface area contributed by atoms with Crippen molar-refractivity contribution >= 4 is 11.9 Å². The van der Waals surface area contributed by atoms with E-state index in [2.05, 4.69) is 46.5 Å². The Balaban J connectivity index is 0. The molecular formula is C9H21ClO. The van der Waals surface area contributed by atoms with Gasteiger partial charge in [0.05, 0.1) is 11.9 Å². The summed E-state index contributed by atoms with van der Waals surface area (Å²) >= 11 is 3.64. The van der Waals surface area contributed by atoms with Crippen molar-refractivity contribution in [1.82, 2.24) is 0 Å². The molecule has 0 radical (unpaired) electrons. The third-order valence-electron chi connectivity index (χ3n) is 2.20. The van der Waals surface area contributed by atoms with Crippen molar-refractivity contribution in [3.05, 3.63) is 0 Å². The SMILES string of the molecule is CCCC(C)C(C)(C)C.OCl. The summed E-state index contributed by atoms with van der Waals surface area (Å²) in [5.41, 5.74) is 0.510. The standard InChI is InChI=1S/C9H20.ClHO/c1-6-7-8(2)9(3,4)5;1-2/h8H,6-7H2,1-5H3;2H. The highest BCUT2D eigenvalue weighted by Crippen LogP contribution is 2.28. The Hall–Kier alpha value is 0.250. The minimum Gasteiger partial charge on any atom is -0.295 e. The van der Waals surface area contributed by atoms with Crippen LogP contribution in [0, 0.1) is 11.3 Å². The van der Waals surface area contributed by atoms with Crippen molar-refractivity contribution in [1.29, 1.82) is 0 Å². The third kappa shape index (κ3) is 8.15. The average molecular weight is 181 g/mol. The van der Waals surface area contributed by atoms with Gasteiger partial charge < -0.3 is 0 Å². The molecule has 11 heavy (non-hydrogen) atoms. The molecule has 0 aliphatic rings. The quantitative estimate of drug-likeness (QED) is 0.689. The van der Waals surface area contributed by atoms with Crippen molar-refractivity contribution < 1.29 is 4.66 Å². The lowest BCUT2D eigenvalue weighted by Crippen LogP contribution is -2.16. The summed E-state index contributed by atoms with van der Waals surface area (Å²) in [5, 5.41) is 0. The molecule has 2 heteroatoms. The molecule has 0 amide bonds. The van der Waals surface area contributed by atoms with Crippen molar-refractivity contribution in [2.45, 2.75) is 47.5 Å². The second-order valence-corrected chi connectivity index (χ2v) is 4.06. The van der Waals surface area contributed by atoms with Gasteiger partial charge in [-0.05, 0) is 11.3 Å². The second kappa shape index (κ2) is 6.93. The Morgan fingerprint density at radius 1 is 1.27 bits per heavy atom. The minimum atomic E-state index is 0.510. The first-order valence-electron chi connectivity index (χ1n) is 4.15. The molecule has 0 aliphatic heterocycles. The zero-order chi connectivity index (χ0) is 9.49. The van der Waals surface area contributed by atoms with Crippen LogP contribution in [0.15, 0.2) is 0 Å². The summed E-state index contributed by atoms with van der Waals surface area (Å²) in [5.74, 6) is 0.863. The molecule has 0 fully saturated rings. The fourth-order valence-electron chi connectivity index (χ4n) is 0.866. The first-order valence-corrected chi connectivity index (χ1v) is 4.49. The number of rotatable bonds is 2. The molecule has 0 aromatic heterocycles. The molecule has 1 unspecified atom stereocenters. The summed E-state index contributed by atoms with van der Waals surface area (Å²) in [6.45, 7) is 11.5. The van der Waals surface area contributed by atoms with Gasteiger partial charge in [0.25, 0.3) is 0 Å². The topological polar surface area (TPSA) is 20.2 Å². The Morgan fingerprint density at radius 3 is 1.73 bits per heavy atom.